The van der Waals surface area contributed by atoms with Crippen molar-refractivity contribution in [3.05, 3.63) is 45.9 Å². The summed E-state index contributed by atoms with van der Waals surface area (Å²) < 4.78 is 30.1. The van der Waals surface area contributed by atoms with E-state index < -0.39 is 5.92 Å². The van der Waals surface area contributed by atoms with Crippen molar-refractivity contribution in [1.82, 2.24) is 39.5 Å². The predicted molar refractivity (Wildman–Crippen MR) is 150 cm³/mol. The molecular formula is C23H26Br2F2N12. The Morgan fingerprint density at radius 3 is 1.69 bits per heavy atom. The van der Waals surface area contributed by atoms with Crippen LogP contribution in [0.4, 0.5) is 32.1 Å². The highest BCUT2D eigenvalue weighted by Crippen LogP contribution is 2.38. The van der Waals surface area contributed by atoms with Crippen LogP contribution in [0.15, 0.2) is 45.9 Å². The molecule has 2 fully saturated rings. The summed E-state index contributed by atoms with van der Waals surface area (Å²) >= 11 is 6.75. The van der Waals surface area contributed by atoms with Gasteiger partial charge in [0.05, 0.1) is 13.1 Å². The van der Waals surface area contributed by atoms with Crippen molar-refractivity contribution < 1.29 is 8.78 Å². The largest absolute Gasteiger partial charge is 0.383 e. The summed E-state index contributed by atoms with van der Waals surface area (Å²) in [6.07, 6.45) is 9.05. The molecular weight excluding hydrogens is 642 g/mol. The molecule has 0 saturated carbocycles. The lowest BCUT2D eigenvalue weighted by molar-refractivity contribution is -0.0267. The van der Waals surface area contributed by atoms with Crippen LogP contribution in [0.1, 0.15) is 26.7 Å². The first-order chi connectivity index (χ1) is 18.5. The lowest BCUT2D eigenvalue weighted by Crippen LogP contribution is -2.56. The third-order valence-corrected chi connectivity index (χ3v) is 7.98. The lowest BCUT2D eigenvalue weighted by Gasteiger charge is -2.40. The van der Waals surface area contributed by atoms with Crippen molar-refractivity contribution in [3.8, 4) is 11.9 Å². The number of anilines is 4. The molecule has 0 aliphatic carbocycles. The minimum atomic E-state index is -2.68. The lowest BCUT2D eigenvalue weighted by atomic mass is 10.1. The van der Waals surface area contributed by atoms with E-state index in [4.69, 9.17) is 11.5 Å². The summed E-state index contributed by atoms with van der Waals surface area (Å²) in [5, 5.41) is 8.15. The van der Waals surface area contributed by atoms with Gasteiger partial charge in [0.2, 0.25) is 0 Å². The maximum absolute atomic E-state index is 12.9. The Morgan fingerprint density at radius 1 is 0.795 bits per heavy atom. The molecule has 2 atom stereocenters. The zero-order chi connectivity index (χ0) is 27.9. The molecule has 12 nitrogen and oxygen atoms in total. The summed E-state index contributed by atoms with van der Waals surface area (Å²) in [6, 6.07) is 4.43. The SMILES string of the molecule is CC1CCC(C)N1c1nc(-n2cccn2)nc(N)c1Br.Nc1nc(-n2cccn2)nc(N2CC(F)(F)C2)c1Br. The molecule has 2 unspecified atom stereocenters. The van der Waals surface area contributed by atoms with Crippen LogP contribution in [-0.4, -0.2) is 70.6 Å². The summed E-state index contributed by atoms with van der Waals surface area (Å²) in [6.45, 7) is 3.67. The molecule has 206 valence electrons. The molecule has 6 rings (SSSR count). The van der Waals surface area contributed by atoms with Gasteiger partial charge in [-0.1, -0.05) is 0 Å². The number of hydrogen-bond acceptors (Lipinski definition) is 10. The molecule has 0 radical (unpaired) electrons. The van der Waals surface area contributed by atoms with Crippen molar-refractivity contribution in [3.63, 3.8) is 0 Å². The first-order valence-corrected chi connectivity index (χ1v) is 13.7. The van der Waals surface area contributed by atoms with Gasteiger partial charge < -0.3 is 21.3 Å². The van der Waals surface area contributed by atoms with Gasteiger partial charge in [-0.3, -0.25) is 0 Å². The molecule has 4 N–H and O–H groups in total. The third kappa shape index (κ3) is 5.52. The second kappa shape index (κ2) is 10.6. The number of nitrogens with two attached hydrogens (primary N) is 2. The van der Waals surface area contributed by atoms with E-state index in [2.05, 4.69) is 80.7 Å². The summed E-state index contributed by atoms with van der Waals surface area (Å²) in [4.78, 5) is 21.0. The third-order valence-electron chi connectivity index (χ3n) is 6.45. The van der Waals surface area contributed by atoms with Crippen molar-refractivity contribution in [1.29, 1.82) is 0 Å². The molecule has 0 spiro atoms. The zero-order valence-corrected chi connectivity index (χ0v) is 24.3. The topological polar surface area (TPSA) is 146 Å². The van der Waals surface area contributed by atoms with E-state index in [1.165, 1.54) is 9.58 Å². The Morgan fingerprint density at radius 2 is 1.26 bits per heavy atom. The smallest absolute Gasteiger partial charge is 0.282 e. The van der Waals surface area contributed by atoms with Crippen LogP contribution >= 0.6 is 31.9 Å². The van der Waals surface area contributed by atoms with E-state index in [-0.39, 0.29) is 24.9 Å². The van der Waals surface area contributed by atoms with Crippen molar-refractivity contribution >= 4 is 55.1 Å². The van der Waals surface area contributed by atoms with Crippen molar-refractivity contribution in [2.75, 3.05) is 34.4 Å². The summed E-state index contributed by atoms with van der Waals surface area (Å²) in [7, 11) is 0. The molecule has 2 aliphatic heterocycles. The summed E-state index contributed by atoms with van der Waals surface area (Å²) in [5.74, 6) is -0.111. The average molecular weight is 668 g/mol. The van der Waals surface area contributed by atoms with Gasteiger partial charge in [0.1, 0.15) is 20.6 Å². The number of aromatic nitrogens is 8. The average Bonchev–Trinajstić information content (AvgIpc) is 3.65. The molecule has 4 aromatic rings. The molecule has 0 amide bonds. The highest BCUT2D eigenvalue weighted by molar-refractivity contribution is 9.11. The molecule has 2 saturated heterocycles. The van der Waals surface area contributed by atoms with Gasteiger partial charge in [-0.2, -0.15) is 30.1 Å². The minimum Gasteiger partial charge on any atom is -0.383 e. The van der Waals surface area contributed by atoms with E-state index in [1.807, 2.05) is 12.3 Å². The molecule has 16 heteroatoms. The van der Waals surface area contributed by atoms with Gasteiger partial charge in [-0.05, 0) is 70.7 Å². The van der Waals surface area contributed by atoms with Gasteiger partial charge in [-0.15, -0.1) is 0 Å². The van der Waals surface area contributed by atoms with Gasteiger partial charge in [0.15, 0.2) is 11.6 Å². The molecule has 39 heavy (non-hydrogen) atoms. The van der Waals surface area contributed by atoms with Gasteiger partial charge >= 0.3 is 0 Å². The first-order valence-electron chi connectivity index (χ1n) is 12.1. The van der Waals surface area contributed by atoms with Gasteiger partial charge in [0.25, 0.3) is 17.8 Å². The van der Waals surface area contributed by atoms with E-state index in [0.717, 1.165) is 23.1 Å². The van der Waals surface area contributed by atoms with Crippen LogP contribution in [0.3, 0.4) is 0 Å². The van der Waals surface area contributed by atoms with E-state index >= 15 is 0 Å². The van der Waals surface area contributed by atoms with Gasteiger partial charge in [0, 0.05) is 36.9 Å². The highest BCUT2D eigenvalue weighted by Gasteiger charge is 2.45. The number of halogens is 4. The zero-order valence-electron chi connectivity index (χ0n) is 21.1. The van der Waals surface area contributed by atoms with E-state index in [1.54, 1.807) is 29.3 Å². The summed E-state index contributed by atoms with van der Waals surface area (Å²) in [5.41, 5.74) is 11.8. The van der Waals surface area contributed by atoms with E-state index in [0.29, 0.717) is 34.1 Å². The van der Waals surface area contributed by atoms with Crippen LogP contribution in [0.5, 0.6) is 0 Å². The molecule has 0 bridgehead atoms. The second-order valence-corrected chi connectivity index (χ2v) is 11.0. The van der Waals surface area contributed by atoms with Crippen LogP contribution in [0.2, 0.25) is 0 Å². The Balaban J connectivity index is 0.000000158. The fraction of sp³-hybridized carbons (Fsp3) is 0.391. The Bertz CT molecular complexity index is 1430. The predicted octanol–water partition coefficient (Wildman–Crippen LogP) is 3.85. The maximum Gasteiger partial charge on any atom is 0.282 e. The van der Waals surface area contributed by atoms with Crippen LogP contribution in [0.25, 0.3) is 11.9 Å². The number of rotatable bonds is 4. The minimum absolute atomic E-state index is 0.186. The number of hydrogen-bond donors (Lipinski definition) is 2. The second-order valence-electron chi connectivity index (χ2n) is 9.39. The Hall–Kier alpha value is -3.40. The normalized spacial score (nSPS) is 19.9. The van der Waals surface area contributed by atoms with Gasteiger partial charge in [-0.25, -0.2) is 18.1 Å². The van der Waals surface area contributed by atoms with Crippen LogP contribution in [-0.2, 0) is 0 Å². The van der Waals surface area contributed by atoms with Crippen molar-refractivity contribution in [2.24, 2.45) is 0 Å². The standard InChI is InChI=1S/C13H17BrN6.C10H9BrF2N6/c1-8-4-5-9(2)20(8)12-10(14)11(15)17-13(18-12)19-7-3-6-16-19;11-6-7(14)16-9(19-3-1-2-15-19)17-8(6)18-4-10(12,13)5-18/h3,6-9H,4-5H2,1-2H3,(H2,15,17,18);1-3H,4-5H2,(H2,14,16,17). The monoisotopic (exact) mass is 666 g/mol. The number of alkyl halides is 2. The highest BCUT2D eigenvalue weighted by atomic mass is 79.9. The fourth-order valence-corrected chi connectivity index (χ4v) is 5.32. The molecule has 2 aliphatic rings. The number of nitrogen functional groups attached to an aromatic ring is 2. The Labute approximate surface area is 239 Å². The number of nitrogens with zero attached hydrogens (tertiary/aromatic N) is 10. The quantitative estimate of drug-likeness (QED) is 0.329. The molecule has 6 heterocycles. The van der Waals surface area contributed by atoms with Crippen molar-refractivity contribution in [2.45, 2.75) is 44.7 Å². The van der Waals surface area contributed by atoms with E-state index in [9.17, 15) is 8.78 Å². The van der Waals surface area contributed by atoms with Crippen LogP contribution in [0, 0.1) is 0 Å². The molecule has 0 aromatic carbocycles. The van der Waals surface area contributed by atoms with Crippen LogP contribution < -0.4 is 21.3 Å². The molecule has 4 aromatic heterocycles. The maximum atomic E-state index is 12.9. The fourth-order valence-electron chi connectivity index (χ4n) is 4.51. The first kappa shape index (κ1) is 27.2. The Kier molecular flexibility index (Phi) is 7.41.